The van der Waals surface area contributed by atoms with Crippen molar-refractivity contribution in [2.75, 3.05) is 0 Å². The number of phosphoric acid groups is 1. The SMILES string of the molecule is O=C1C=Nc2ccccc21.O=P(O)(O)O. The highest BCUT2D eigenvalue weighted by Gasteiger charge is 2.12. The standard InChI is InChI=1S/C8H5NO.H3O4P/c10-8-5-9-7-4-2-1-3-6(7)8;1-5(2,3)4/h1-5H;(H3,1,2,3,4). The number of Topliss-reactive ketones (excluding diaryl/α,β-unsaturated/α-hetero) is 1. The highest BCUT2D eigenvalue weighted by Crippen LogP contribution is 2.25. The normalized spacial score (nSPS) is 13.1. The Labute approximate surface area is 85.2 Å². The summed E-state index contributed by atoms with van der Waals surface area (Å²) in [5.74, 6) is 0.00981. The van der Waals surface area contributed by atoms with Crippen LogP contribution in [0.15, 0.2) is 29.3 Å². The van der Waals surface area contributed by atoms with Crippen LogP contribution in [0.5, 0.6) is 0 Å². The zero-order valence-corrected chi connectivity index (χ0v) is 8.33. The molecule has 0 saturated heterocycles. The summed E-state index contributed by atoms with van der Waals surface area (Å²) in [4.78, 5) is 36.4. The first-order valence-corrected chi connectivity index (χ1v) is 5.40. The zero-order valence-electron chi connectivity index (χ0n) is 7.44. The number of nitrogens with zero attached hydrogens (tertiary/aromatic N) is 1. The van der Waals surface area contributed by atoms with Crippen LogP contribution >= 0.6 is 7.82 Å². The van der Waals surface area contributed by atoms with Gasteiger partial charge in [0.2, 0.25) is 5.78 Å². The van der Waals surface area contributed by atoms with E-state index >= 15 is 0 Å². The average Bonchev–Trinajstić information content (AvgIpc) is 2.46. The van der Waals surface area contributed by atoms with Crippen molar-refractivity contribution in [2.45, 2.75) is 0 Å². The van der Waals surface area contributed by atoms with E-state index in [9.17, 15) is 4.79 Å². The van der Waals surface area contributed by atoms with E-state index in [1.165, 1.54) is 6.21 Å². The summed E-state index contributed by atoms with van der Waals surface area (Å²) >= 11 is 0. The Hall–Kier alpha value is -1.33. The molecule has 1 aliphatic heterocycles. The van der Waals surface area contributed by atoms with Crippen LogP contribution in [-0.4, -0.2) is 26.7 Å². The van der Waals surface area contributed by atoms with Crippen molar-refractivity contribution < 1.29 is 24.0 Å². The summed E-state index contributed by atoms with van der Waals surface area (Å²) in [5.41, 5.74) is 1.50. The molecule has 6 nitrogen and oxygen atoms in total. The summed E-state index contributed by atoms with van der Waals surface area (Å²) in [6.45, 7) is 0. The highest BCUT2D eigenvalue weighted by molar-refractivity contribution is 7.45. The minimum atomic E-state index is -4.64. The van der Waals surface area contributed by atoms with Gasteiger partial charge in [-0.25, -0.2) is 4.57 Å². The number of ketones is 1. The predicted molar refractivity (Wildman–Crippen MR) is 53.2 cm³/mol. The number of fused-ring (bicyclic) bond motifs is 1. The quantitative estimate of drug-likeness (QED) is 0.566. The molecule has 0 bridgehead atoms. The maximum Gasteiger partial charge on any atom is 0.466 e. The van der Waals surface area contributed by atoms with Gasteiger partial charge < -0.3 is 14.7 Å². The third-order valence-corrected chi connectivity index (χ3v) is 1.49. The number of benzene rings is 1. The van der Waals surface area contributed by atoms with Gasteiger partial charge in [0.1, 0.15) is 0 Å². The smallest absolute Gasteiger partial charge is 0.303 e. The van der Waals surface area contributed by atoms with E-state index in [-0.39, 0.29) is 5.78 Å². The summed E-state index contributed by atoms with van der Waals surface area (Å²) in [7, 11) is -4.64. The van der Waals surface area contributed by atoms with Crippen molar-refractivity contribution in [3.63, 3.8) is 0 Å². The van der Waals surface area contributed by atoms with E-state index in [0.29, 0.717) is 5.56 Å². The summed E-state index contributed by atoms with van der Waals surface area (Å²) in [6, 6.07) is 7.32. The van der Waals surface area contributed by atoms with Gasteiger partial charge in [-0.15, -0.1) is 0 Å². The van der Waals surface area contributed by atoms with Gasteiger partial charge in [0.25, 0.3) is 0 Å². The molecule has 80 valence electrons. The minimum absolute atomic E-state index is 0.00981. The fourth-order valence-corrected chi connectivity index (χ4v) is 0.992. The molecule has 15 heavy (non-hydrogen) atoms. The number of rotatable bonds is 0. The van der Waals surface area contributed by atoms with Crippen molar-refractivity contribution in [2.24, 2.45) is 4.99 Å². The van der Waals surface area contributed by atoms with Crippen molar-refractivity contribution in [1.82, 2.24) is 0 Å². The maximum atomic E-state index is 10.9. The monoisotopic (exact) mass is 229 g/mol. The second-order valence-corrected chi connectivity index (χ2v) is 3.68. The number of hydrogen-bond donors (Lipinski definition) is 3. The maximum absolute atomic E-state index is 10.9. The molecule has 0 spiro atoms. The third-order valence-electron chi connectivity index (χ3n) is 1.49. The van der Waals surface area contributed by atoms with Crippen molar-refractivity contribution in [3.05, 3.63) is 29.8 Å². The molecule has 0 aromatic heterocycles. The fraction of sp³-hybridized carbons (Fsp3) is 0. The van der Waals surface area contributed by atoms with Gasteiger partial charge in [-0.2, -0.15) is 0 Å². The molecule has 0 saturated carbocycles. The van der Waals surface area contributed by atoms with Crippen LogP contribution in [0, 0.1) is 0 Å². The van der Waals surface area contributed by atoms with E-state index in [2.05, 4.69) is 4.99 Å². The Morgan fingerprint density at radius 1 is 1.13 bits per heavy atom. The van der Waals surface area contributed by atoms with Crippen LogP contribution in [-0.2, 0) is 4.57 Å². The van der Waals surface area contributed by atoms with Gasteiger partial charge in [-0.3, -0.25) is 9.79 Å². The number of carbonyl (C=O) groups is 1. The Bertz CT molecular complexity index is 442. The van der Waals surface area contributed by atoms with Gasteiger partial charge in [0.15, 0.2) is 0 Å². The second-order valence-electron chi connectivity index (χ2n) is 2.65. The minimum Gasteiger partial charge on any atom is -0.303 e. The Balaban J connectivity index is 0.000000195. The van der Waals surface area contributed by atoms with Gasteiger partial charge in [0, 0.05) is 5.56 Å². The van der Waals surface area contributed by atoms with E-state index in [1.54, 1.807) is 6.07 Å². The number of para-hydroxylation sites is 1. The Morgan fingerprint density at radius 2 is 1.67 bits per heavy atom. The molecule has 2 rings (SSSR count). The molecular weight excluding hydrogens is 221 g/mol. The van der Waals surface area contributed by atoms with Gasteiger partial charge in [-0.1, -0.05) is 12.1 Å². The molecule has 0 fully saturated rings. The van der Waals surface area contributed by atoms with E-state index < -0.39 is 7.82 Å². The lowest BCUT2D eigenvalue weighted by molar-refractivity contribution is 0.107. The molecule has 0 atom stereocenters. The summed E-state index contributed by atoms with van der Waals surface area (Å²) in [5, 5.41) is 0. The lowest BCUT2D eigenvalue weighted by Gasteiger charge is -1.90. The highest BCUT2D eigenvalue weighted by atomic mass is 31.2. The molecule has 1 aromatic carbocycles. The van der Waals surface area contributed by atoms with Crippen LogP contribution in [0.2, 0.25) is 0 Å². The van der Waals surface area contributed by atoms with Crippen LogP contribution in [0.4, 0.5) is 5.69 Å². The Morgan fingerprint density at radius 3 is 2.20 bits per heavy atom. The van der Waals surface area contributed by atoms with Crippen molar-refractivity contribution in [3.8, 4) is 0 Å². The van der Waals surface area contributed by atoms with Gasteiger partial charge in [-0.05, 0) is 12.1 Å². The van der Waals surface area contributed by atoms with Crippen LogP contribution in [0.3, 0.4) is 0 Å². The predicted octanol–water partition coefficient (Wildman–Crippen LogP) is 0.657. The molecule has 1 aliphatic rings. The Kier molecular flexibility index (Phi) is 3.49. The van der Waals surface area contributed by atoms with E-state index in [4.69, 9.17) is 19.2 Å². The lowest BCUT2D eigenvalue weighted by atomic mass is 10.1. The van der Waals surface area contributed by atoms with Gasteiger partial charge in [0.05, 0.1) is 11.9 Å². The van der Waals surface area contributed by atoms with Crippen LogP contribution in [0.25, 0.3) is 0 Å². The van der Waals surface area contributed by atoms with Crippen molar-refractivity contribution >= 4 is 25.5 Å². The average molecular weight is 229 g/mol. The molecule has 1 heterocycles. The lowest BCUT2D eigenvalue weighted by Crippen LogP contribution is -1.92. The van der Waals surface area contributed by atoms with E-state index in [0.717, 1.165) is 5.69 Å². The molecule has 0 unspecified atom stereocenters. The van der Waals surface area contributed by atoms with Crippen LogP contribution < -0.4 is 0 Å². The molecular formula is C8H8NO5P. The third kappa shape index (κ3) is 4.14. The first kappa shape index (κ1) is 11.7. The summed E-state index contributed by atoms with van der Waals surface area (Å²) in [6.07, 6.45) is 1.35. The number of carbonyl (C=O) groups excluding carboxylic acids is 1. The summed E-state index contributed by atoms with van der Waals surface area (Å²) < 4.78 is 8.88. The van der Waals surface area contributed by atoms with Gasteiger partial charge >= 0.3 is 7.82 Å². The largest absolute Gasteiger partial charge is 0.466 e. The first-order chi connectivity index (χ1) is 6.88. The van der Waals surface area contributed by atoms with Crippen molar-refractivity contribution in [1.29, 1.82) is 0 Å². The molecule has 0 radical (unpaired) electrons. The number of hydrogen-bond acceptors (Lipinski definition) is 3. The molecule has 0 aliphatic carbocycles. The van der Waals surface area contributed by atoms with Crippen LogP contribution in [0.1, 0.15) is 10.4 Å². The molecule has 7 heteroatoms. The zero-order chi connectivity index (χ0) is 11.5. The topological polar surface area (TPSA) is 107 Å². The first-order valence-electron chi connectivity index (χ1n) is 3.83. The molecule has 1 aromatic rings. The van der Waals surface area contributed by atoms with E-state index in [1.807, 2.05) is 18.2 Å². The fourth-order valence-electron chi connectivity index (χ4n) is 0.992. The second kappa shape index (κ2) is 4.46. The number of aliphatic imine (C=N–C) groups is 1. The molecule has 0 amide bonds. The molecule has 3 N–H and O–H groups in total.